The molecule has 0 spiro atoms. The van der Waals surface area contributed by atoms with E-state index in [1.54, 1.807) is 4.31 Å². The van der Waals surface area contributed by atoms with Crippen LogP contribution in [0.2, 0.25) is 0 Å². The van der Waals surface area contributed by atoms with Gasteiger partial charge < -0.3 is 10.6 Å². The molecule has 1 saturated carbocycles. The number of piperidine rings is 1. The lowest BCUT2D eigenvalue weighted by Crippen LogP contribution is -2.47. The van der Waals surface area contributed by atoms with Gasteiger partial charge in [-0.2, -0.15) is 0 Å². The van der Waals surface area contributed by atoms with Crippen LogP contribution in [0.3, 0.4) is 0 Å². The third-order valence-electron chi connectivity index (χ3n) is 5.99. The van der Waals surface area contributed by atoms with Crippen molar-refractivity contribution in [2.24, 2.45) is 11.8 Å². The summed E-state index contributed by atoms with van der Waals surface area (Å²) in [5.41, 5.74) is 0. The molecule has 7 heteroatoms. The van der Waals surface area contributed by atoms with E-state index in [-0.39, 0.29) is 17.9 Å². The number of hydrogen-bond donors (Lipinski definition) is 2. The quantitative estimate of drug-likeness (QED) is 0.741. The Labute approximate surface area is 152 Å². The zero-order valence-corrected chi connectivity index (χ0v) is 16.0. The fraction of sp³-hybridized carbons (Fsp3) is 0.944. The maximum Gasteiger partial charge on any atom is 0.237 e. The molecule has 2 atom stereocenters. The van der Waals surface area contributed by atoms with Crippen LogP contribution in [0.1, 0.15) is 57.8 Å². The highest BCUT2D eigenvalue weighted by Gasteiger charge is 2.32. The number of carbonyl (C=O) groups excluding carboxylic acids is 1. The highest BCUT2D eigenvalue weighted by molar-refractivity contribution is 7.89. The number of hydrogen-bond acceptors (Lipinski definition) is 4. The molecule has 0 radical (unpaired) electrons. The van der Waals surface area contributed by atoms with E-state index in [1.807, 2.05) is 0 Å². The van der Waals surface area contributed by atoms with Gasteiger partial charge in [0.1, 0.15) is 0 Å². The van der Waals surface area contributed by atoms with Crippen molar-refractivity contribution in [1.29, 1.82) is 0 Å². The average molecular weight is 372 g/mol. The Morgan fingerprint density at radius 3 is 2.48 bits per heavy atom. The zero-order chi connectivity index (χ0) is 17.7. The fourth-order valence-electron chi connectivity index (χ4n) is 4.48. The van der Waals surface area contributed by atoms with Gasteiger partial charge in [0, 0.05) is 19.6 Å². The van der Waals surface area contributed by atoms with E-state index in [2.05, 4.69) is 10.6 Å². The lowest BCUT2D eigenvalue weighted by Gasteiger charge is -2.33. The molecule has 0 aromatic rings. The van der Waals surface area contributed by atoms with E-state index in [0.717, 1.165) is 45.1 Å². The smallest absolute Gasteiger partial charge is 0.237 e. The summed E-state index contributed by atoms with van der Waals surface area (Å²) < 4.78 is 27.2. The molecule has 2 heterocycles. The third kappa shape index (κ3) is 5.41. The lowest BCUT2D eigenvalue weighted by molar-refractivity contribution is -0.123. The third-order valence-corrected chi connectivity index (χ3v) is 8.00. The molecule has 2 saturated heterocycles. The first-order valence-electron chi connectivity index (χ1n) is 10.0. The Morgan fingerprint density at radius 2 is 1.76 bits per heavy atom. The van der Waals surface area contributed by atoms with Gasteiger partial charge in [-0.15, -0.1) is 0 Å². The number of nitrogens with one attached hydrogen (secondary N) is 2. The normalized spacial score (nSPS) is 29.6. The van der Waals surface area contributed by atoms with E-state index >= 15 is 0 Å². The first-order valence-corrected chi connectivity index (χ1v) is 11.6. The molecule has 25 heavy (non-hydrogen) atoms. The van der Waals surface area contributed by atoms with Gasteiger partial charge in [-0.05, 0) is 56.9 Å². The molecule has 0 aromatic heterocycles. The molecule has 2 aliphatic heterocycles. The summed E-state index contributed by atoms with van der Waals surface area (Å²) in [5.74, 6) is 0.963. The van der Waals surface area contributed by atoms with Gasteiger partial charge in [-0.1, -0.05) is 19.3 Å². The predicted molar refractivity (Wildman–Crippen MR) is 98.7 cm³/mol. The molecular weight excluding hydrogens is 338 g/mol. The Bertz CT molecular complexity index is 540. The van der Waals surface area contributed by atoms with Gasteiger partial charge in [0.15, 0.2) is 0 Å². The van der Waals surface area contributed by atoms with Crippen molar-refractivity contribution in [3.8, 4) is 0 Å². The summed E-state index contributed by atoms with van der Waals surface area (Å²) in [6.45, 7) is 2.71. The minimum absolute atomic E-state index is 0.0604. The maximum absolute atomic E-state index is 12.8. The molecule has 3 rings (SSSR count). The van der Waals surface area contributed by atoms with Gasteiger partial charge in [-0.25, -0.2) is 12.7 Å². The van der Waals surface area contributed by atoms with Crippen LogP contribution in [0, 0.1) is 11.8 Å². The van der Waals surface area contributed by atoms with E-state index in [9.17, 15) is 13.2 Å². The topological polar surface area (TPSA) is 78.5 Å². The number of nitrogens with zero attached hydrogens (tertiary/aromatic N) is 1. The van der Waals surface area contributed by atoms with E-state index in [1.165, 1.54) is 19.3 Å². The second-order valence-corrected chi connectivity index (χ2v) is 10.1. The Hall–Kier alpha value is -0.660. The van der Waals surface area contributed by atoms with Crippen molar-refractivity contribution in [1.82, 2.24) is 14.9 Å². The van der Waals surface area contributed by atoms with Crippen LogP contribution in [0.15, 0.2) is 0 Å². The molecule has 3 fully saturated rings. The van der Waals surface area contributed by atoms with Crippen LogP contribution in [-0.4, -0.2) is 56.6 Å². The summed E-state index contributed by atoms with van der Waals surface area (Å²) in [4.78, 5) is 12.1. The standard InChI is InChI=1S/C18H33N3O3S/c22-18(17-9-4-10-19-17)20-12-16-8-5-11-21(13-16)25(23,24)14-15-6-2-1-3-7-15/h15-17,19H,1-14H2,(H,20,22). The first kappa shape index (κ1) is 19.1. The summed E-state index contributed by atoms with van der Waals surface area (Å²) in [6, 6.07) is -0.0604. The van der Waals surface area contributed by atoms with Crippen LogP contribution < -0.4 is 10.6 Å². The Balaban J connectivity index is 1.47. The van der Waals surface area contributed by atoms with E-state index in [0.29, 0.717) is 31.3 Å². The molecule has 144 valence electrons. The molecule has 0 aromatic carbocycles. The molecule has 2 N–H and O–H groups in total. The largest absolute Gasteiger partial charge is 0.354 e. The van der Waals surface area contributed by atoms with Crippen LogP contribution in [-0.2, 0) is 14.8 Å². The molecule has 2 unspecified atom stereocenters. The van der Waals surface area contributed by atoms with Crippen molar-refractivity contribution in [3.05, 3.63) is 0 Å². The first-order chi connectivity index (χ1) is 12.0. The number of carbonyl (C=O) groups is 1. The van der Waals surface area contributed by atoms with E-state index in [4.69, 9.17) is 0 Å². The van der Waals surface area contributed by atoms with Crippen molar-refractivity contribution in [3.63, 3.8) is 0 Å². The van der Waals surface area contributed by atoms with Gasteiger partial charge in [0.05, 0.1) is 11.8 Å². The summed E-state index contributed by atoms with van der Waals surface area (Å²) in [6.07, 6.45) is 9.54. The fourth-order valence-corrected chi connectivity index (χ4v) is 6.46. The molecular formula is C18H33N3O3S. The summed E-state index contributed by atoms with van der Waals surface area (Å²) in [5, 5.41) is 6.23. The van der Waals surface area contributed by atoms with Crippen LogP contribution >= 0.6 is 0 Å². The average Bonchev–Trinajstić information content (AvgIpc) is 3.15. The van der Waals surface area contributed by atoms with Crippen LogP contribution in [0.4, 0.5) is 0 Å². The number of amides is 1. The van der Waals surface area contributed by atoms with Crippen molar-refractivity contribution in [2.45, 2.75) is 63.8 Å². The molecule has 3 aliphatic rings. The van der Waals surface area contributed by atoms with Crippen molar-refractivity contribution in [2.75, 3.05) is 31.9 Å². The molecule has 1 amide bonds. The maximum atomic E-state index is 12.8. The Morgan fingerprint density at radius 1 is 1.00 bits per heavy atom. The van der Waals surface area contributed by atoms with Crippen LogP contribution in [0.25, 0.3) is 0 Å². The minimum Gasteiger partial charge on any atom is -0.354 e. The highest BCUT2D eigenvalue weighted by atomic mass is 32.2. The summed E-state index contributed by atoms with van der Waals surface area (Å²) in [7, 11) is -3.16. The molecule has 0 bridgehead atoms. The number of sulfonamides is 1. The zero-order valence-electron chi connectivity index (χ0n) is 15.2. The molecule has 6 nitrogen and oxygen atoms in total. The van der Waals surface area contributed by atoms with Crippen molar-refractivity contribution >= 4 is 15.9 Å². The van der Waals surface area contributed by atoms with Gasteiger partial charge in [-0.3, -0.25) is 4.79 Å². The minimum atomic E-state index is -3.16. The van der Waals surface area contributed by atoms with Gasteiger partial charge in [0.2, 0.25) is 15.9 Å². The summed E-state index contributed by atoms with van der Waals surface area (Å²) >= 11 is 0. The van der Waals surface area contributed by atoms with Crippen molar-refractivity contribution < 1.29 is 13.2 Å². The number of rotatable bonds is 6. The second kappa shape index (κ2) is 8.82. The monoisotopic (exact) mass is 371 g/mol. The van der Waals surface area contributed by atoms with Gasteiger partial charge >= 0.3 is 0 Å². The SMILES string of the molecule is O=C(NCC1CCCN(S(=O)(=O)CC2CCCCC2)C1)C1CCCN1. The predicted octanol–water partition coefficient (Wildman–Crippen LogP) is 1.48. The van der Waals surface area contributed by atoms with Gasteiger partial charge in [0.25, 0.3) is 0 Å². The second-order valence-electron chi connectivity index (χ2n) is 8.04. The molecule has 1 aliphatic carbocycles. The van der Waals surface area contributed by atoms with E-state index < -0.39 is 10.0 Å². The lowest BCUT2D eigenvalue weighted by atomic mass is 9.91. The Kier molecular flexibility index (Phi) is 6.74. The highest BCUT2D eigenvalue weighted by Crippen LogP contribution is 2.27. The van der Waals surface area contributed by atoms with Crippen LogP contribution in [0.5, 0.6) is 0 Å².